The first-order valence-corrected chi connectivity index (χ1v) is 20.5. The second kappa shape index (κ2) is 15.0. The number of anilines is 1. The van der Waals surface area contributed by atoms with Gasteiger partial charge in [-0.15, -0.1) is 0 Å². The Hall–Kier alpha value is -3.49. The summed E-state index contributed by atoms with van der Waals surface area (Å²) in [6.45, 7) is 12.2. The molecule has 2 aromatic carbocycles. The number of carboxylic acid groups (broad SMARTS) is 1. The van der Waals surface area contributed by atoms with E-state index in [1.807, 2.05) is 36.5 Å². The number of hydrogen-bond acceptors (Lipinski definition) is 7. The number of halogens is 1. The van der Waals surface area contributed by atoms with Crippen molar-refractivity contribution in [2.24, 2.45) is 23.7 Å². The zero-order valence-corrected chi connectivity index (χ0v) is 32.4. The van der Waals surface area contributed by atoms with Gasteiger partial charge >= 0.3 is 5.97 Å². The molecule has 5 aliphatic rings. The van der Waals surface area contributed by atoms with E-state index < -0.39 is 11.5 Å². The average Bonchev–Trinajstić information content (AvgIpc) is 3.60. The van der Waals surface area contributed by atoms with Crippen LogP contribution in [0.15, 0.2) is 48.7 Å². The van der Waals surface area contributed by atoms with E-state index in [-0.39, 0.29) is 5.41 Å². The molecule has 0 amide bonds. The van der Waals surface area contributed by atoms with E-state index in [1.54, 1.807) is 0 Å². The number of benzene rings is 2. The Labute approximate surface area is 319 Å². The minimum Gasteiger partial charge on any atom is -0.493 e. The molecule has 3 aliphatic carbocycles. The molecule has 3 heterocycles. The molecule has 2 fully saturated rings. The molecule has 9 heteroatoms. The fourth-order valence-electron chi connectivity index (χ4n) is 10.5. The molecule has 1 aromatic heterocycles. The largest absolute Gasteiger partial charge is 0.493 e. The lowest BCUT2D eigenvalue weighted by Crippen LogP contribution is -2.53. The van der Waals surface area contributed by atoms with Crippen molar-refractivity contribution in [3.05, 3.63) is 76.1 Å². The van der Waals surface area contributed by atoms with Crippen LogP contribution in [-0.4, -0.2) is 66.0 Å². The highest BCUT2D eigenvalue weighted by Crippen LogP contribution is 2.58. The van der Waals surface area contributed by atoms with Crippen LogP contribution in [0.3, 0.4) is 0 Å². The van der Waals surface area contributed by atoms with Gasteiger partial charge in [0.25, 0.3) is 0 Å². The summed E-state index contributed by atoms with van der Waals surface area (Å²) >= 11 is 6.32. The standard InChI is InChI=1S/C44H56ClN3O5/c1-28-11-17-48(23-28)24-31-26-52-39-20-32-19-33(18-29(2)25-51-38-10-16-46-37-9-4-6-30(3)41(37)38)43(36(32)22-40(39)53-27-31)12-14-44(15-13-43,42(49)50)47-35-8-5-7-34(45)21-35/h5,7-8,10,16,20-22,28-31,33,47H,4,6,9,11-15,17-19,23-27H2,1-3H3,(H,49,50)/t28-,29+,30+,31?,33?,43?,44?/m0/s1. The maximum Gasteiger partial charge on any atom is 0.329 e. The minimum absolute atomic E-state index is 0.168. The number of fused-ring (bicyclic) bond motifs is 4. The van der Waals surface area contributed by atoms with Crippen LogP contribution in [-0.2, 0) is 23.1 Å². The number of hydrogen-bond donors (Lipinski definition) is 2. The van der Waals surface area contributed by atoms with E-state index in [9.17, 15) is 9.90 Å². The molecule has 3 aromatic rings. The van der Waals surface area contributed by atoms with Crippen molar-refractivity contribution in [2.45, 2.75) is 102 Å². The highest BCUT2D eigenvalue weighted by molar-refractivity contribution is 6.30. The van der Waals surface area contributed by atoms with Crippen molar-refractivity contribution in [3.63, 3.8) is 0 Å². The molecular weight excluding hydrogens is 686 g/mol. The van der Waals surface area contributed by atoms with Gasteiger partial charge in [-0.1, -0.05) is 38.4 Å². The monoisotopic (exact) mass is 741 g/mol. The van der Waals surface area contributed by atoms with Crippen LogP contribution in [0.25, 0.3) is 0 Å². The van der Waals surface area contributed by atoms with Gasteiger partial charge in [-0.3, -0.25) is 4.98 Å². The van der Waals surface area contributed by atoms with Gasteiger partial charge < -0.3 is 29.5 Å². The summed E-state index contributed by atoms with van der Waals surface area (Å²) in [7, 11) is 0. The molecule has 8 rings (SSSR count). The zero-order chi connectivity index (χ0) is 36.7. The molecular formula is C44H56ClN3O5. The lowest BCUT2D eigenvalue weighted by Gasteiger charge is -2.47. The molecule has 284 valence electrons. The highest BCUT2D eigenvalue weighted by atomic mass is 35.5. The van der Waals surface area contributed by atoms with Crippen molar-refractivity contribution < 1.29 is 24.1 Å². The summed E-state index contributed by atoms with van der Waals surface area (Å²) in [5.74, 6) is 4.05. The van der Waals surface area contributed by atoms with Crippen molar-refractivity contribution in [3.8, 4) is 17.2 Å². The van der Waals surface area contributed by atoms with E-state index in [1.165, 1.54) is 41.6 Å². The number of likely N-dealkylation sites (tertiary alicyclic amines) is 1. The van der Waals surface area contributed by atoms with Crippen molar-refractivity contribution >= 4 is 23.3 Å². The molecule has 5 atom stereocenters. The molecule has 0 bridgehead atoms. The van der Waals surface area contributed by atoms with Gasteiger partial charge in [-0.2, -0.15) is 0 Å². The lowest BCUT2D eigenvalue weighted by atomic mass is 9.59. The summed E-state index contributed by atoms with van der Waals surface area (Å²) in [6, 6.07) is 14.0. The topological polar surface area (TPSA) is 93.2 Å². The number of nitrogens with one attached hydrogen (secondary N) is 1. The number of nitrogens with zero attached hydrogens (tertiary/aromatic N) is 2. The molecule has 2 N–H and O–H groups in total. The minimum atomic E-state index is -1.07. The molecule has 2 unspecified atom stereocenters. The van der Waals surface area contributed by atoms with Crippen LogP contribution < -0.4 is 19.5 Å². The predicted molar refractivity (Wildman–Crippen MR) is 209 cm³/mol. The van der Waals surface area contributed by atoms with Gasteiger partial charge in [-0.05, 0) is 147 Å². The van der Waals surface area contributed by atoms with Crippen LogP contribution in [0.4, 0.5) is 5.69 Å². The van der Waals surface area contributed by atoms with E-state index in [4.69, 9.17) is 25.8 Å². The van der Waals surface area contributed by atoms with Crippen LogP contribution in [0, 0.1) is 23.7 Å². The van der Waals surface area contributed by atoms with Gasteiger partial charge in [0.15, 0.2) is 11.5 Å². The second-order valence-electron chi connectivity index (χ2n) is 17.3. The van der Waals surface area contributed by atoms with Gasteiger partial charge in [-0.25, -0.2) is 4.79 Å². The van der Waals surface area contributed by atoms with E-state index >= 15 is 0 Å². The third-order valence-electron chi connectivity index (χ3n) is 13.3. The van der Waals surface area contributed by atoms with Crippen molar-refractivity contribution in [1.29, 1.82) is 0 Å². The van der Waals surface area contributed by atoms with Gasteiger partial charge in [0, 0.05) is 47.2 Å². The van der Waals surface area contributed by atoms with E-state index in [0.29, 0.717) is 61.4 Å². The van der Waals surface area contributed by atoms with E-state index in [0.717, 1.165) is 80.6 Å². The fourth-order valence-corrected chi connectivity index (χ4v) is 10.7. The zero-order valence-electron chi connectivity index (χ0n) is 31.7. The number of aliphatic carboxylic acids is 1. The Balaban J connectivity index is 1.04. The fraction of sp³-hybridized carbons (Fsp3) is 0.591. The van der Waals surface area contributed by atoms with Crippen LogP contribution >= 0.6 is 11.6 Å². The maximum atomic E-state index is 13.1. The highest BCUT2D eigenvalue weighted by Gasteiger charge is 2.54. The molecule has 0 radical (unpaired) electrons. The van der Waals surface area contributed by atoms with Crippen LogP contribution in [0.1, 0.15) is 100 Å². The summed E-state index contributed by atoms with van der Waals surface area (Å²) in [5, 5.41) is 14.7. The van der Waals surface area contributed by atoms with Gasteiger partial charge in [0.1, 0.15) is 11.3 Å². The Kier molecular flexibility index (Phi) is 10.3. The first-order chi connectivity index (χ1) is 25.6. The van der Waals surface area contributed by atoms with Crippen LogP contribution in [0.5, 0.6) is 17.2 Å². The third kappa shape index (κ3) is 7.35. The number of ether oxygens (including phenoxy) is 3. The van der Waals surface area contributed by atoms with Crippen molar-refractivity contribution in [2.75, 3.05) is 44.8 Å². The maximum absolute atomic E-state index is 13.1. The Bertz CT molecular complexity index is 1810. The number of pyridine rings is 1. The van der Waals surface area contributed by atoms with Gasteiger partial charge in [0.2, 0.25) is 0 Å². The number of carboxylic acids is 1. The third-order valence-corrected chi connectivity index (χ3v) is 13.6. The quantitative estimate of drug-likeness (QED) is 0.213. The molecule has 1 saturated carbocycles. The Morgan fingerprint density at radius 2 is 1.89 bits per heavy atom. The smallest absolute Gasteiger partial charge is 0.329 e. The Morgan fingerprint density at radius 3 is 2.62 bits per heavy atom. The van der Waals surface area contributed by atoms with E-state index in [2.05, 4.69) is 48.1 Å². The normalized spacial score (nSPS) is 30.0. The lowest BCUT2D eigenvalue weighted by molar-refractivity contribution is -0.144. The molecule has 53 heavy (non-hydrogen) atoms. The second-order valence-corrected chi connectivity index (χ2v) is 17.7. The summed E-state index contributed by atoms with van der Waals surface area (Å²) in [5.41, 5.74) is 4.63. The summed E-state index contributed by atoms with van der Waals surface area (Å²) in [4.78, 5) is 20.3. The molecule has 1 spiro atoms. The van der Waals surface area contributed by atoms with Gasteiger partial charge in [0.05, 0.1) is 19.8 Å². The number of aromatic nitrogens is 1. The SMILES string of the molecule is C[C@@H](COc1ccnc2c1[C@H](C)CCC2)CC1Cc2cc3c(cc2C12CCC(Nc1cccc(Cl)c1)(C(=O)O)CC2)OCC(CN1CC[C@H](C)C1)CO3. The number of rotatable bonds is 10. The summed E-state index contributed by atoms with van der Waals surface area (Å²) in [6.07, 6.45) is 11.0. The molecule has 2 aliphatic heterocycles. The summed E-state index contributed by atoms with van der Waals surface area (Å²) < 4.78 is 19.7. The first kappa shape index (κ1) is 36.5. The molecule has 1 saturated heterocycles. The Morgan fingerprint density at radius 1 is 1.09 bits per heavy atom. The number of aryl methyl sites for hydroxylation is 1. The average molecular weight is 742 g/mol. The van der Waals surface area contributed by atoms with Crippen LogP contribution in [0.2, 0.25) is 5.02 Å². The molecule has 8 nitrogen and oxygen atoms in total. The van der Waals surface area contributed by atoms with Crippen molar-refractivity contribution in [1.82, 2.24) is 9.88 Å². The predicted octanol–water partition coefficient (Wildman–Crippen LogP) is 8.93. The first-order valence-electron chi connectivity index (χ1n) is 20.1. The number of carbonyl (C=O) groups is 1.